The molecule has 2 rings (SSSR count). The Hall–Kier alpha value is 0.270. The number of hydrogen-bond acceptors (Lipinski definition) is 3. The molecule has 0 spiro atoms. The Balaban J connectivity index is 1.76. The molecule has 0 aromatic rings. The molecule has 3 heteroatoms. The summed E-state index contributed by atoms with van der Waals surface area (Å²) in [6, 6.07) is 0.945. The monoisotopic (exact) mass is 256 g/mol. The largest absolute Gasteiger partial charge is 0.300 e. The average Bonchev–Trinajstić information content (AvgIpc) is 3.09. The van der Waals surface area contributed by atoms with Gasteiger partial charge in [-0.25, -0.2) is 0 Å². The summed E-state index contributed by atoms with van der Waals surface area (Å²) in [6.07, 6.45) is 2.89. The molecule has 1 aliphatic carbocycles. The Bertz CT molecular complexity index is 237. The fourth-order valence-corrected chi connectivity index (χ4v) is 3.33. The maximum Gasteiger partial charge on any atom is 0.0113 e. The van der Waals surface area contributed by atoms with Crippen molar-refractivity contribution < 1.29 is 0 Å². The van der Waals surface area contributed by atoms with Crippen molar-refractivity contribution in [1.82, 2.24) is 9.80 Å². The molecule has 1 saturated heterocycles. The van der Waals surface area contributed by atoms with Gasteiger partial charge in [0.25, 0.3) is 0 Å². The molecule has 0 N–H and O–H groups in total. The van der Waals surface area contributed by atoms with Gasteiger partial charge in [0.15, 0.2) is 0 Å². The van der Waals surface area contributed by atoms with Gasteiger partial charge in [-0.15, -0.1) is 0 Å². The van der Waals surface area contributed by atoms with Gasteiger partial charge in [-0.2, -0.15) is 12.6 Å². The van der Waals surface area contributed by atoms with Crippen LogP contribution in [0.25, 0.3) is 0 Å². The van der Waals surface area contributed by atoms with Crippen LogP contribution >= 0.6 is 12.6 Å². The van der Waals surface area contributed by atoms with Crippen LogP contribution in [0.4, 0.5) is 0 Å². The molecule has 1 aliphatic heterocycles. The lowest BCUT2D eigenvalue weighted by Crippen LogP contribution is -2.49. The first-order valence-electron chi connectivity index (χ1n) is 7.08. The van der Waals surface area contributed by atoms with Gasteiger partial charge < -0.3 is 4.90 Å². The predicted octanol–water partition coefficient (Wildman–Crippen LogP) is 2.36. The van der Waals surface area contributed by atoms with E-state index in [1.165, 1.54) is 45.6 Å². The van der Waals surface area contributed by atoms with Crippen LogP contribution in [0.15, 0.2) is 0 Å². The van der Waals surface area contributed by atoms with Crippen molar-refractivity contribution in [2.24, 2.45) is 11.3 Å². The normalized spacial score (nSPS) is 26.1. The van der Waals surface area contributed by atoms with Crippen molar-refractivity contribution in [3.05, 3.63) is 0 Å². The molecule has 100 valence electrons. The van der Waals surface area contributed by atoms with Gasteiger partial charge in [-0.3, -0.25) is 4.90 Å². The fourth-order valence-electron chi connectivity index (χ4n) is 2.67. The summed E-state index contributed by atoms with van der Waals surface area (Å²) in [5.74, 6) is 1.71. The maximum atomic E-state index is 4.53. The van der Waals surface area contributed by atoms with Crippen LogP contribution in [0.1, 0.15) is 33.6 Å². The third-order valence-corrected chi connectivity index (χ3v) is 4.83. The van der Waals surface area contributed by atoms with Gasteiger partial charge in [0.1, 0.15) is 0 Å². The molecule has 1 unspecified atom stereocenters. The molecule has 0 aromatic heterocycles. The van der Waals surface area contributed by atoms with E-state index in [0.717, 1.165) is 11.8 Å². The quantitative estimate of drug-likeness (QED) is 0.772. The Morgan fingerprint density at radius 1 is 1.12 bits per heavy atom. The Labute approximate surface area is 112 Å². The second kappa shape index (κ2) is 5.50. The van der Waals surface area contributed by atoms with Crippen LogP contribution in [0.3, 0.4) is 0 Å². The molecule has 2 nitrogen and oxygen atoms in total. The second-order valence-electron chi connectivity index (χ2n) is 6.81. The zero-order valence-electron chi connectivity index (χ0n) is 11.7. The zero-order valence-corrected chi connectivity index (χ0v) is 12.5. The predicted molar refractivity (Wildman–Crippen MR) is 77.8 cm³/mol. The van der Waals surface area contributed by atoms with Crippen molar-refractivity contribution in [2.45, 2.75) is 39.7 Å². The van der Waals surface area contributed by atoms with E-state index in [9.17, 15) is 0 Å². The van der Waals surface area contributed by atoms with E-state index in [1.807, 2.05) is 0 Å². The third-order valence-electron chi connectivity index (χ3n) is 4.39. The molecule has 2 aliphatic rings. The summed E-state index contributed by atoms with van der Waals surface area (Å²) in [4.78, 5) is 5.33. The minimum absolute atomic E-state index is 0.384. The molecule has 0 radical (unpaired) electrons. The molecule has 1 heterocycles. The molecule has 1 saturated carbocycles. The Morgan fingerprint density at radius 2 is 1.71 bits per heavy atom. The highest BCUT2D eigenvalue weighted by atomic mass is 32.1. The van der Waals surface area contributed by atoms with Crippen LogP contribution in [0.2, 0.25) is 0 Å². The minimum atomic E-state index is 0.384. The van der Waals surface area contributed by atoms with E-state index < -0.39 is 0 Å². The van der Waals surface area contributed by atoms with E-state index in [2.05, 4.69) is 43.2 Å². The lowest BCUT2D eigenvalue weighted by molar-refractivity contribution is 0.0933. The standard InChI is InChI=1S/C14H28N2S/c1-14(2,3)12(11-17)10-15-6-8-16(9-7-15)13-4-5-13/h12-13,17H,4-11H2,1-3H3. The molecule has 1 atom stereocenters. The van der Waals surface area contributed by atoms with E-state index >= 15 is 0 Å². The van der Waals surface area contributed by atoms with Crippen LogP contribution in [-0.2, 0) is 0 Å². The first kappa shape index (κ1) is 13.7. The Kier molecular flexibility index (Phi) is 4.43. The summed E-state index contributed by atoms with van der Waals surface area (Å²) in [6.45, 7) is 13.3. The summed E-state index contributed by atoms with van der Waals surface area (Å²) >= 11 is 4.53. The van der Waals surface area contributed by atoms with Crippen molar-refractivity contribution in [3.8, 4) is 0 Å². The summed E-state index contributed by atoms with van der Waals surface area (Å²) in [5, 5.41) is 0. The van der Waals surface area contributed by atoms with E-state index in [4.69, 9.17) is 0 Å². The number of piperazine rings is 1. The van der Waals surface area contributed by atoms with Crippen LogP contribution < -0.4 is 0 Å². The van der Waals surface area contributed by atoms with Gasteiger partial charge in [-0.1, -0.05) is 20.8 Å². The molecular weight excluding hydrogens is 228 g/mol. The first-order chi connectivity index (χ1) is 8.00. The van der Waals surface area contributed by atoms with Crippen molar-refractivity contribution >= 4 is 12.6 Å². The number of nitrogens with zero attached hydrogens (tertiary/aromatic N) is 2. The lowest BCUT2D eigenvalue weighted by Gasteiger charge is -2.39. The van der Waals surface area contributed by atoms with Crippen molar-refractivity contribution in [1.29, 1.82) is 0 Å². The smallest absolute Gasteiger partial charge is 0.0113 e. The van der Waals surface area contributed by atoms with Crippen LogP contribution in [0.5, 0.6) is 0 Å². The second-order valence-corrected chi connectivity index (χ2v) is 7.18. The van der Waals surface area contributed by atoms with Crippen LogP contribution in [-0.4, -0.2) is 54.3 Å². The summed E-state index contributed by atoms with van der Waals surface area (Å²) in [5.41, 5.74) is 0.384. The highest BCUT2D eigenvalue weighted by molar-refractivity contribution is 7.80. The van der Waals surface area contributed by atoms with Gasteiger partial charge in [-0.05, 0) is 29.9 Å². The Morgan fingerprint density at radius 3 is 2.12 bits per heavy atom. The zero-order chi connectivity index (χ0) is 12.5. The number of hydrogen-bond donors (Lipinski definition) is 1. The third kappa shape index (κ3) is 3.87. The first-order valence-corrected chi connectivity index (χ1v) is 7.71. The van der Waals surface area contributed by atoms with Gasteiger partial charge >= 0.3 is 0 Å². The van der Waals surface area contributed by atoms with Gasteiger partial charge in [0, 0.05) is 38.8 Å². The molecule has 0 aromatic carbocycles. The maximum absolute atomic E-state index is 4.53. The highest BCUT2D eigenvalue weighted by Gasteiger charge is 2.32. The van der Waals surface area contributed by atoms with Gasteiger partial charge in [0.2, 0.25) is 0 Å². The molecule has 2 fully saturated rings. The van der Waals surface area contributed by atoms with Crippen molar-refractivity contribution in [2.75, 3.05) is 38.5 Å². The number of thiol groups is 1. The van der Waals surface area contributed by atoms with E-state index in [1.54, 1.807) is 0 Å². The molecule has 0 amide bonds. The number of rotatable bonds is 4. The summed E-state index contributed by atoms with van der Waals surface area (Å²) in [7, 11) is 0. The lowest BCUT2D eigenvalue weighted by atomic mass is 9.81. The van der Waals surface area contributed by atoms with E-state index in [-0.39, 0.29) is 0 Å². The van der Waals surface area contributed by atoms with Crippen LogP contribution in [0, 0.1) is 11.3 Å². The molecule has 17 heavy (non-hydrogen) atoms. The minimum Gasteiger partial charge on any atom is -0.300 e. The SMILES string of the molecule is CC(C)(C)C(CS)CN1CCN(C2CC2)CC1. The average molecular weight is 256 g/mol. The highest BCUT2D eigenvalue weighted by Crippen LogP contribution is 2.30. The summed E-state index contributed by atoms with van der Waals surface area (Å²) < 4.78 is 0. The molecular formula is C14H28N2S. The van der Waals surface area contributed by atoms with E-state index in [0.29, 0.717) is 11.3 Å². The van der Waals surface area contributed by atoms with Gasteiger partial charge in [0.05, 0.1) is 0 Å². The topological polar surface area (TPSA) is 6.48 Å². The molecule has 0 bridgehead atoms. The fraction of sp³-hybridized carbons (Fsp3) is 1.00. The van der Waals surface area contributed by atoms with Crippen molar-refractivity contribution in [3.63, 3.8) is 0 Å².